The maximum Gasteiger partial charge on any atom is 0.418 e. The monoisotopic (exact) mass is 271 g/mol. The van der Waals surface area contributed by atoms with E-state index < -0.39 is 11.7 Å². The number of benzene rings is 1. The highest BCUT2D eigenvalue weighted by Crippen LogP contribution is 2.28. The Labute approximate surface area is 117 Å². The van der Waals surface area contributed by atoms with Crippen LogP contribution in [0.3, 0.4) is 0 Å². The van der Waals surface area contributed by atoms with E-state index in [1.807, 2.05) is 30.3 Å². The van der Waals surface area contributed by atoms with Crippen molar-refractivity contribution in [3.05, 3.63) is 70.1 Å². The van der Waals surface area contributed by atoms with Gasteiger partial charge in [0.05, 0.1) is 0 Å². The zero-order chi connectivity index (χ0) is 14.5. The standard InChI is InChI=1S/C16H17NO3/c1-2-6-14(12-7-4-3-5-8-12)13-9-10-17(16(19)20)15(18)11-13/h3-5,7-11,14H,2,6H2,1H3,(H,19,20). The first-order valence-corrected chi connectivity index (χ1v) is 6.64. The molecule has 20 heavy (non-hydrogen) atoms. The van der Waals surface area contributed by atoms with Crippen molar-refractivity contribution in [2.75, 3.05) is 0 Å². The van der Waals surface area contributed by atoms with Crippen LogP contribution in [0.15, 0.2) is 53.5 Å². The van der Waals surface area contributed by atoms with Gasteiger partial charge >= 0.3 is 6.09 Å². The Bertz CT molecular complexity index is 646. The largest absolute Gasteiger partial charge is 0.464 e. The number of rotatable bonds is 4. The second-order valence-electron chi connectivity index (χ2n) is 4.70. The lowest BCUT2D eigenvalue weighted by Gasteiger charge is -2.17. The smallest absolute Gasteiger partial charge is 0.418 e. The normalized spacial score (nSPS) is 12.1. The van der Waals surface area contributed by atoms with E-state index in [0.29, 0.717) is 4.57 Å². The van der Waals surface area contributed by atoms with E-state index in [1.165, 1.54) is 12.3 Å². The van der Waals surface area contributed by atoms with Crippen molar-refractivity contribution in [1.82, 2.24) is 4.57 Å². The molecule has 2 rings (SSSR count). The first-order valence-electron chi connectivity index (χ1n) is 6.64. The summed E-state index contributed by atoms with van der Waals surface area (Å²) in [6, 6.07) is 13.1. The fourth-order valence-corrected chi connectivity index (χ4v) is 2.37. The van der Waals surface area contributed by atoms with Crippen molar-refractivity contribution >= 4 is 6.09 Å². The number of nitrogens with zero attached hydrogens (tertiary/aromatic N) is 1. The van der Waals surface area contributed by atoms with Gasteiger partial charge < -0.3 is 5.11 Å². The highest BCUT2D eigenvalue weighted by atomic mass is 16.4. The zero-order valence-corrected chi connectivity index (χ0v) is 11.3. The van der Waals surface area contributed by atoms with Crippen LogP contribution in [0, 0.1) is 0 Å². The third-order valence-corrected chi connectivity index (χ3v) is 3.33. The van der Waals surface area contributed by atoms with Crippen LogP contribution in [0.5, 0.6) is 0 Å². The van der Waals surface area contributed by atoms with Gasteiger partial charge in [-0.1, -0.05) is 43.7 Å². The molecular weight excluding hydrogens is 254 g/mol. The predicted molar refractivity (Wildman–Crippen MR) is 77.3 cm³/mol. The van der Waals surface area contributed by atoms with Crippen LogP contribution in [0.25, 0.3) is 0 Å². The first kappa shape index (κ1) is 14.1. The van der Waals surface area contributed by atoms with E-state index in [-0.39, 0.29) is 5.92 Å². The number of carboxylic acid groups (broad SMARTS) is 1. The van der Waals surface area contributed by atoms with E-state index in [1.54, 1.807) is 6.07 Å². The van der Waals surface area contributed by atoms with Crippen LogP contribution in [-0.4, -0.2) is 15.8 Å². The van der Waals surface area contributed by atoms with Crippen molar-refractivity contribution in [3.63, 3.8) is 0 Å². The van der Waals surface area contributed by atoms with Gasteiger partial charge in [0, 0.05) is 18.2 Å². The molecular formula is C16H17NO3. The van der Waals surface area contributed by atoms with Gasteiger partial charge in [-0.3, -0.25) is 4.79 Å². The third kappa shape index (κ3) is 2.96. The minimum atomic E-state index is -1.26. The summed E-state index contributed by atoms with van der Waals surface area (Å²) in [6.45, 7) is 2.09. The second kappa shape index (κ2) is 6.19. The first-order chi connectivity index (χ1) is 9.63. The van der Waals surface area contributed by atoms with E-state index >= 15 is 0 Å². The molecule has 0 aliphatic heterocycles. The third-order valence-electron chi connectivity index (χ3n) is 3.33. The summed E-state index contributed by atoms with van der Waals surface area (Å²) >= 11 is 0. The Kier molecular flexibility index (Phi) is 4.35. The number of hydrogen-bond acceptors (Lipinski definition) is 2. The SMILES string of the molecule is CCCC(c1ccccc1)c1ccn(C(=O)O)c(=O)c1. The van der Waals surface area contributed by atoms with E-state index in [0.717, 1.165) is 24.0 Å². The summed E-state index contributed by atoms with van der Waals surface area (Å²) in [4.78, 5) is 22.7. The molecule has 0 fully saturated rings. The lowest BCUT2D eigenvalue weighted by atomic mass is 9.88. The lowest BCUT2D eigenvalue weighted by molar-refractivity contribution is 0.195. The van der Waals surface area contributed by atoms with Crippen LogP contribution in [0.4, 0.5) is 4.79 Å². The topological polar surface area (TPSA) is 59.3 Å². The Hall–Kier alpha value is -2.36. The van der Waals surface area contributed by atoms with Crippen molar-refractivity contribution < 1.29 is 9.90 Å². The molecule has 1 aromatic carbocycles. The van der Waals surface area contributed by atoms with Gasteiger partial charge in [-0.15, -0.1) is 0 Å². The Balaban J connectivity index is 2.43. The molecule has 0 radical (unpaired) electrons. The summed E-state index contributed by atoms with van der Waals surface area (Å²) in [5, 5.41) is 8.88. The van der Waals surface area contributed by atoms with Crippen LogP contribution in [-0.2, 0) is 0 Å². The van der Waals surface area contributed by atoms with E-state index in [2.05, 4.69) is 6.92 Å². The van der Waals surface area contributed by atoms with Crippen molar-refractivity contribution in [3.8, 4) is 0 Å². The lowest BCUT2D eigenvalue weighted by Crippen LogP contribution is -2.25. The number of carbonyl (C=O) groups is 1. The summed E-state index contributed by atoms with van der Waals surface area (Å²) in [5.41, 5.74) is 1.49. The quantitative estimate of drug-likeness (QED) is 0.928. The van der Waals surface area contributed by atoms with Gasteiger partial charge in [0.2, 0.25) is 0 Å². The molecule has 1 unspecified atom stereocenters. The number of hydrogen-bond donors (Lipinski definition) is 1. The fraction of sp³-hybridized carbons (Fsp3) is 0.250. The van der Waals surface area contributed by atoms with E-state index in [4.69, 9.17) is 5.11 Å². The molecule has 0 spiro atoms. The highest BCUT2D eigenvalue weighted by molar-refractivity contribution is 5.67. The van der Waals surface area contributed by atoms with Crippen LogP contribution in [0.2, 0.25) is 0 Å². The zero-order valence-electron chi connectivity index (χ0n) is 11.3. The summed E-state index contributed by atoms with van der Waals surface area (Å²) < 4.78 is 0.692. The van der Waals surface area contributed by atoms with E-state index in [9.17, 15) is 9.59 Å². The maximum absolute atomic E-state index is 11.8. The van der Waals surface area contributed by atoms with Gasteiger partial charge in [0.25, 0.3) is 5.56 Å². The Morgan fingerprint density at radius 3 is 2.45 bits per heavy atom. The van der Waals surface area contributed by atoms with Crippen LogP contribution in [0.1, 0.15) is 36.8 Å². The molecule has 0 amide bonds. The molecule has 1 N–H and O–H groups in total. The van der Waals surface area contributed by atoms with Crippen LogP contribution < -0.4 is 5.56 Å². The van der Waals surface area contributed by atoms with Gasteiger partial charge in [-0.2, -0.15) is 0 Å². The highest BCUT2D eigenvalue weighted by Gasteiger charge is 2.15. The molecule has 0 saturated heterocycles. The van der Waals surface area contributed by atoms with Gasteiger partial charge in [-0.05, 0) is 23.6 Å². The molecule has 1 heterocycles. The van der Waals surface area contributed by atoms with Gasteiger partial charge in [0.15, 0.2) is 0 Å². The minimum Gasteiger partial charge on any atom is -0.464 e. The molecule has 1 aromatic heterocycles. The fourth-order valence-electron chi connectivity index (χ4n) is 2.37. The molecule has 0 saturated carbocycles. The molecule has 0 bridgehead atoms. The number of pyridine rings is 1. The molecule has 104 valence electrons. The van der Waals surface area contributed by atoms with Crippen LogP contribution >= 0.6 is 0 Å². The average molecular weight is 271 g/mol. The second-order valence-corrected chi connectivity index (χ2v) is 4.70. The van der Waals surface area contributed by atoms with Crippen molar-refractivity contribution in [2.45, 2.75) is 25.7 Å². The predicted octanol–water partition coefficient (Wildman–Crippen LogP) is 3.31. The van der Waals surface area contributed by atoms with Crippen molar-refractivity contribution in [1.29, 1.82) is 0 Å². The Morgan fingerprint density at radius 2 is 1.90 bits per heavy atom. The molecule has 4 nitrogen and oxygen atoms in total. The van der Waals surface area contributed by atoms with Gasteiger partial charge in [-0.25, -0.2) is 9.36 Å². The van der Waals surface area contributed by atoms with Crippen molar-refractivity contribution in [2.24, 2.45) is 0 Å². The number of aromatic nitrogens is 1. The minimum absolute atomic E-state index is 0.123. The molecule has 0 aliphatic carbocycles. The van der Waals surface area contributed by atoms with Gasteiger partial charge in [0.1, 0.15) is 0 Å². The molecule has 0 aliphatic rings. The maximum atomic E-state index is 11.8. The molecule has 1 atom stereocenters. The molecule has 4 heteroatoms. The summed E-state index contributed by atoms with van der Waals surface area (Å²) in [5.74, 6) is 0.123. The Morgan fingerprint density at radius 1 is 1.20 bits per heavy atom. The molecule has 2 aromatic rings. The summed E-state index contributed by atoms with van der Waals surface area (Å²) in [6.07, 6.45) is 1.97. The summed E-state index contributed by atoms with van der Waals surface area (Å²) in [7, 11) is 0. The average Bonchev–Trinajstić information content (AvgIpc) is 2.45.